The first-order valence-corrected chi connectivity index (χ1v) is 9.23. The van der Waals surface area contributed by atoms with Gasteiger partial charge in [-0.1, -0.05) is 26.8 Å². The van der Waals surface area contributed by atoms with E-state index in [0.29, 0.717) is 17.0 Å². The second-order valence-electron chi connectivity index (χ2n) is 7.62. The predicted octanol–water partition coefficient (Wildman–Crippen LogP) is 3.78. The van der Waals surface area contributed by atoms with E-state index in [1.807, 2.05) is 17.5 Å². The molecule has 2 N–H and O–H groups in total. The Bertz CT molecular complexity index is 725. The third-order valence-electron chi connectivity index (χ3n) is 4.27. The van der Waals surface area contributed by atoms with Crippen LogP contribution in [0.15, 0.2) is 22.6 Å². The number of H-pyrrole nitrogens is 1. The molecule has 0 aliphatic heterocycles. The first kappa shape index (κ1) is 16.9. The van der Waals surface area contributed by atoms with Crippen molar-refractivity contribution >= 4 is 23.5 Å². The van der Waals surface area contributed by atoms with E-state index in [9.17, 15) is 4.79 Å². The minimum absolute atomic E-state index is 0.239. The number of fused-ring (bicyclic) bond motifs is 1. The van der Waals surface area contributed by atoms with Gasteiger partial charge in [-0.05, 0) is 48.5 Å². The Morgan fingerprint density at radius 2 is 2.38 bits per heavy atom. The quantitative estimate of drug-likeness (QED) is 0.654. The summed E-state index contributed by atoms with van der Waals surface area (Å²) in [7, 11) is 0. The number of carbonyl (C=O) groups is 1. The fourth-order valence-corrected chi connectivity index (χ4v) is 3.95. The van der Waals surface area contributed by atoms with Gasteiger partial charge in [-0.3, -0.25) is 9.89 Å². The van der Waals surface area contributed by atoms with Crippen LogP contribution in [0.2, 0.25) is 0 Å². The zero-order valence-electron chi connectivity index (χ0n) is 14.4. The van der Waals surface area contributed by atoms with Crippen molar-refractivity contribution in [2.24, 2.45) is 16.4 Å². The number of aromatic nitrogens is 2. The first-order valence-electron chi connectivity index (χ1n) is 8.35. The van der Waals surface area contributed by atoms with Gasteiger partial charge in [0.15, 0.2) is 5.69 Å². The standard InChI is InChI=1S/C18H24N4OS/c1-18(2,3)10-12-6-7-15-14(9-12)16(21-20-15)17(23)22-19-11-13-5-4-8-24-13/h4-5,8,11-12H,6-7,9-10H2,1-3H3,(H,20,21)(H,22,23)/b19-11-/t12-/m0/s1. The monoisotopic (exact) mass is 344 g/mol. The van der Waals surface area contributed by atoms with Gasteiger partial charge in [0.25, 0.3) is 5.91 Å². The van der Waals surface area contributed by atoms with Crippen molar-refractivity contribution in [1.29, 1.82) is 0 Å². The summed E-state index contributed by atoms with van der Waals surface area (Å²) < 4.78 is 0. The molecular formula is C18H24N4OS. The highest BCUT2D eigenvalue weighted by Crippen LogP contribution is 2.34. The van der Waals surface area contributed by atoms with Crippen molar-refractivity contribution < 1.29 is 4.79 Å². The summed E-state index contributed by atoms with van der Waals surface area (Å²) in [6.45, 7) is 6.81. The molecule has 24 heavy (non-hydrogen) atoms. The van der Waals surface area contributed by atoms with Crippen LogP contribution < -0.4 is 5.43 Å². The van der Waals surface area contributed by atoms with E-state index in [1.165, 1.54) is 0 Å². The van der Waals surface area contributed by atoms with Gasteiger partial charge in [-0.15, -0.1) is 11.3 Å². The van der Waals surface area contributed by atoms with Crippen LogP contribution in [0.1, 0.15) is 60.2 Å². The SMILES string of the molecule is CC(C)(C)C[C@H]1CCc2[nH]nc(C(=O)N/N=C\c3cccs3)c2C1. The van der Waals surface area contributed by atoms with Crippen LogP contribution in [0.3, 0.4) is 0 Å². The van der Waals surface area contributed by atoms with E-state index in [1.54, 1.807) is 17.6 Å². The highest BCUT2D eigenvalue weighted by Gasteiger charge is 2.28. The topological polar surface area (TPSA) is 70.1 Å². The molecule has 1 atom stereocenters. The summed E-state index contributed by atoms with van der Waals surface area (Å²) in [4.78, 5) is 13.4. The van der Waals surface area contributed by atoms with Crippen LogP contribution in [-0.4, -0.2) is 22.3 Å². The number of aromatic amines is 1. The second kappa shape index (κ2) is 6.89. The summed E-state index contributed by atoms with van der Waals surface area (Å²) in [5.41, 5.74) is 5.56. The zero-order valence-corrected chi connectivity index (χ0v) is 15.2. The average molecular weight is 344 g/mol. The van der Waals surface area contributed by atoms with Crippen molar-refractivity contribution in [2.75, 3.05) is 0 Å². The molecule has 3 rings (SSSR count). The van der Waals surface area contributed by atoms with E-state index in [4.69, 9.17) is 0 Å². The van der Waals surface area contributed by atoms with Crippen molar-refractivity contribution in [2.45, 2.75) is 46.5 Å². The molecule has 0 spiro atoms. The molecule has 0 aromatic carbocycles. The number of thiophene rings is 1. The number of hydrogen-bond donors (Lipinski definition) is 2. The van der Waals surface area contributed by atoms with Crippen LogP contribution in [0.5, 0.6) is 0 Å². The molecule has 0 bridgehead atoms. The summed E-state index contributed by atoms with van der Waals surface area (Å²) in [5, 5.41) is 13.3. The van der Waals surface area contributed by atoms with Crippen LogP contribution in [-0.2, 0) is 12.8 Å². The zero-order chi connectivity index (χ0) is 17.2. The molecule has 0 radical (unpaired) electrons. The maximum absolute atomic E-state index is 12.4. The number of amides is 1. The molecule has 0 saturated carbocycles. The largest absolute Gasteiger partial charge is 0.292 e. The maximum atomic E-state index is 12.4. The van der Waals surface area contributed by atoms with E-state index >= 15 is 0 Å². The molecule has 2 aromatic heterocycles. The molecule has 6 heteroatoms. The van der Waals surface area contributed by atoms with Gasteiger partial charge in [-0.25, -0.2) is 5.43 Å². The number of hydrazone groups is 1. The number of aryl methyl sites for hydroxylation is 1. The van der Waals surface area contributed by atoms with Crippen LogP contribution in [0.4, 0.5) is 0 Å². The van der Waals surface area contributed by atoms with Crippen molar-refractivity contribution in [3.63, 3.8) is 0 Å². The molecular weight excluding hydrogens is 320 g/mol. The third-order valence-corrected chi connectivity index (χ3v) is 5.07. The molecule has 2 heterocycles. The number of nitrogens with one attached hydrogen (secondary N) is 2. The van der Waals surface area contributed by atoms with Gasteiger partial charge < -0.3 is 0 Å². The van der Waals surface area contributed by atoms with E-state index < -0.39 is 0 Å². The van der Waals surface area contributed by atoms with E-state index in [-0.39, 0.29) is 5.91 Å². The first-order chi connectivity index (χ1) is 11.4. The van der Waals surface area contributed by atoms with E-state index in [2.05, 4.69) is 41.5 Å². The van der Waals surface area contributed by atoms with E-state index in [0.717, 1.165) is 41.8 Å². The molecule has 1 aliphatic rings. The lowest BCUT2D eigenvalue weighted by atomic mass is 9.76. The van der Waals surface area contributed by atoms with Gasteiger partial charge in [0.05, 0.1) is 6.21 Å². The molecule has 128 valence electrons. The smallest absolute Gasteiger partial charge is 0.281 e. The van der Waals surface area contributed by atoms with Crippen molar-refractivity contribution in [3.8, 4) is 0 Å². The molecule has 2 aromatic rings. The second-order valence-corrected chi connectivity index (χ2v) is 8.60. The fraction of sp³-hybridized carbons (Fsp3) is 0.500. The minimum Gasteiger partial charge on any atom is -0.281 e. The Hall–Kier alpha value is -1.95. The Labute approximate surface area is 146 Å². The minimum atomic E-state index is -0.239. The molecule has 0 fully saturated rings. The van der Waals surface area contributed by atoms with Gasteiger partial charge in [0, 0.05) is 16.1 Å². The van der Waals surface area contributed by atoms with Crippen LogP contribution in [0, 0.1) is 11.3 Å². The molecule has 5 nitrogen and oxygen atoms in total. The predicted molar refractivity (Wildman–Crippen MR) is 97.6 cm³/mol. The number of hydrogen-bond acceptors (Lipinski definition) is 4. The Morgan fingerprint density at radius 1 is 1.54 bits per heavy atom. The summed E-state index contributed by atoms with van der Waals surface area (Å²) >= 11 is 1.58. The van der Waals surface area contributed by atoms with Crippen LogP contribution in [0.25, 0.3) is 0 Å². The normalized spacial score (nSPS) is 17.9. The summed E-state index contributed by atoms with van der Waals surface area (Å²) in [6.07, 6.45) is 5.86. The average Bonchev–Trinajstić information content (AvgIpc) is 3.14. The van der Waals surface area contributed by atoms with Gasteiger partial charge >= 0.3 is 0 Å². The van der Waals surface area contributed by atoms with Crippen molar-refractivity contribution in [3.05, 3.63) is 39.3 Å². The molecule has 1 amide bonds. The Balaban J connectivity index is 1.67. The maximum Gasteiger partial charge on any atom is 0.292 e. The van der Waals surface area contributed by atoms with Gasteiger partial charge in [-0.2, -0.15) is 10.2 Å². The van der Waals surface area contributed by atoms with Crippen LogP contribution >= 0.6 is 11.3 Å². The van der Waals surface area contributed by atoms with Crippen molar-refractivity contribution in [1.82, 2.24) is 15.6 Å². The number of nitrogens with zero attached hydrogens (tertiary/aromatic N) is 2. The number of rotatable bonds is 4. The molecule has 0 saturated heterocycles. The van der Waals surface area contributed by atoms with Gasteiger partial charge in [0.2, 0.25) is 0 Å². The Kier molecular flexibility index (Phi) is 4.85. The lowest BCUT2D eigenvalue weighted by Crippen LogP contribution is -2.24. The van der Waals surface area contributed by atoms with Gasteiger partial charge in [0.1, 0.15) is 0 Å². The fourth-order valence-electron chi connectivity index (χ4n) is 3.37. The number of carbonyl (C=O) groups excluding carboxylic acids is 1. The summed E-state index contributed by atoms with van der Waals surface area (Å²) in [6, 6.07) is 3.90. The lowest BCUT2D eigenvalue weighted by molar-refractivity contribution is 0.0948. The lowest BCUT2D eigenvalue weighted by Gasteiger charge is -2.28. The molecule has 1 aliphatic carbocycles. The Morgan fingerprint density at radius 3 is 3.08 bits per heavy atom. The highest BCUT2D eigenvalue weighted by molar-refractivity contribution is 7.11. The third kappa shape index (κ3) is 4.12. The highest BCUT2D eigenvalue weighted by atomic mass is 32.1. The molecule has 0 unspecified atom stereocenters. The summed E-state index contributed by atoms with van der Waals surface area (Å²) in [5.74, 6) is 0.369.